The van der Waals surface area contributed by atoms with Crippen LogP contribution in [0.25, 0.3) is 0 Å². The molecule has 0 aromatic rings. The maximum atomic E-state index is 9.83. The predicted molar refractivity (Wildman–Crippen MR) is 41.4 cm³/mol. The van der Waals surface area contributed by atoms with Crippen molar-refractivity contribution in [1.29, 1.82) is 0 Å². The molecule has 0 fully saturated rings. The van der Waals surface area contributed by atoms with Crippen molar-refractivity contribution in [3.8, 4) is 0 Å². The average Bonchev–Trinajstić information content (AvgIpc) is 1.65. The summed E-state index contributed by atoms with van der Waals surface area (Å²) in [6.45, 7) is 5.03. The van der Waals surface area contributed by atoms with Crippen LogP contribution in [-0.4, -0.2) is 48.8 Å². The molecule has 0 aromatic heterocycles. The fourth-order valence-corrected chi connectivity index (χ4v) is 0.151. The summed E-state index contributed by atoms with van der Waals surface area (Å²) >= 11 is 0. The van der Waals surface area contributed by atoms with Crippen molar-refractivity contribution >= 4 is 43.7 Å². The van der Waals surface area contributed by atoms with Gasteiger partial charge in [-0.1, -0.05) is 13.5 Å². The summed E-state index contributed by atoms with van der Waals surface area (Å²) < 4.78 is 0. The van der Waals surface area contributed by atoms with Gasteiger partial charge in [0.2, 0.25) is 0 Å². The van der Waals surface area contributed by atoms with Gasteiger partial charge in [-0.05, 0) is 6.42 Å². The second-order valence-corrected chi connectivity index (χ2v) is 1.26. The third kappa shape index (κ3) is 8.40. The first kappa shape index (κ1) is 16.2. The van der Waals surface area contributed by atoms with Crippen LogP contribution in [0.2, 0.25) is 0 Å². The molecule has 0 saturated heterocycles. The molecule has 1 N–H and O–H groups in total. The summed E-state index contributed by atoms with van der Waals surface area (Å²) in [5.41, 5.74) is 0.264. The number of aliphatic carboxylic acids is 1. The quantitative estimate of drug-likeness (QED) is 0.398. The van der Waals surface area contributed by atoms with Crippen LogP contribution in [0.15, 0.2) is 12.2 Å². The van der Waals surface area contributed by atoms with E-state index in [1.807, 2.05) is 0 Å². The molecule has 4 heteroatoms. The van der Waals surface area contributed by atoms with Gasteiger partial charge in [-0.25, -0.2) is 4.79 Å². The Labute approximate surface area is 79.1 Å². The fraction of sp³-hybridized carbons (Fsp3) is 0.400. The van der Waals surface area contributed by atoms with Crippen LogP contribution in [0.4, 0.5) is 0 Å². The Bertz CT molecular complexity index is 101. The van der Waals surface area contributed by atoms with E-state index in [0.717, 1.165) is 0 Å². The monoisotopic (exact) mass is 116 g/mol. The van der Waals surface area contributed by atoms with Crippen molar-refractivity contribution in [2.75, 3.05) is 0 Å². The van der Waals surface area contributed by atoms with Crippen molar-refractivity contribution in [2.24, 2.45) is 0 Å². The molecule has 44 valence electrons. The van der Waals surface area contributed by atoms with E-state index in [9.17, 15) is 4.79 Å². The van der Waals surface area contributed by atoms with Crippen molar-refractivity contribution in [3.05, 3.63) is 12.2 Å². The van der Waals surface area contributed by atoms with E-state index in [1.54, 1.807) is 6.92 Å². The molecular weight excluding hydrogens is 106 g/mol. The van der Waals surface area contributed by atoms with Crippen LogP contribution >= 0.6 is 0 Å². The molecule has 0 bridgehead atoms. The zero-order valence-electron chi connectivity index (χ0n) is 4.27. The van der Waals surface area contributed by atoms with Crippen LogP contribution < -0.4 is 0 Å². The summed E-state index contributed by atoms with van der Waals surface area (Å²) in [4.78, 5) is 9.83. The van der Waals surface area contributed by atoms with Crippen molar-refractivity contribution in [1.82, 2.24) is 0 Å². The van der Waals surface area contributed by atoms with Crippen LogP contribution in [0.5, 0.6) is 0 Å². The molecule has 0 spiro atoms. The number of hydrogen-bond donors (Lipinski definition) is 1. The minimum absolute atomic E-state index is 0. The van der Waals surface area contributed by atoms with E-state index >= 15 is 0 Å². The first-order chi connectivity index (χ1) is 3.18. The molecule has 0 radical (unpaired) electrons. The van der Waals surface area contributed by atoms with Crippen molar-refractivity contribution < 1.29 is 9.90 Å². The zero-order valence-corrected chi connectivity index (χ0v) is 4.27. The number of carboxylic acid groups (broad SMARTS) is 1. The fourth-order valence-electron chi connectivity index (χ4n) is 0.151. The van der Waals surface area contributed by atoms with Crippen LogP contribution in [0, 0.1) is 0 Å². The van der Waals surface area contributed by atoms with E-state index in [0.29, 0.717) is 6.42 Å². The minimum atomic E-state index is -0.900. The van der Waals surface area contributed by atoms with E-state index in [2.05, 4.69) is 6.58 Å². The Morgan fingerprint density at radius 2 is 1.89 bits per heavy atom. The maximum absolute atomic E-state index is 9.83. The van der Waals surface area contributed by atoms with Gasteiger partial charge < -0.3 is 5.11 Å². The van der Waals surface area contributed by atoms with Gasteiger partial charge in [0.1, 0.15) is 0 Å². The molecule has 0 heterocycles. The summed E-state index contributed by atoms with van der Waals surface area (Å²) in [5, 5.41) is 8.08. The second-order valence-electron chi connectivity index (χ2n) is 1.26. The number of carboxylic acids is 1. The topological polar surface area (TPSA) is 37.3 Å². The van der Waals surface area contributed by atoms with E-state index in [1.165, 1.54) is 0 Å². The third-order valence-corrected chi connectivity index (χ3v) is 0.729. The van der Waals surface area contributed by atoms with Gasteiger partial charge in [-0.2, -0.15) is 0 Å². The van der Waals surface area contributed by atoms with Crippen LogP contribution in [-0.2, 0) is 4.79 Å². The van der Waals surface area contributed by atoms with Gasteiger partial charge in [0.25, 0.3) is 0 Å². The van der Waals surface area contributed by atoms with E-state index < -0.39 is 5.97 Å². The Morgan fingerprint density at radius 1 is 1.56 bits per heavy atom. The van der Waals surface area contributed by atoms with Gasteiger partial charge in [0, 0.05) is 5.57 Å². The first-order valence-electron chi connectivity index (χ1n) is 2.09. The number of rotatable bonds is 2. The normalized spacial score (nSPS) is 6.33. The standard InChI is InChI=1S/C5H8O2.2Li.2H/c1-3-4(2)5(6)7;;;;/h2-3H2,1H3,(H,6,7);;;;. The molecule has 0 amide bonds. The third-order valence-electron chi connectivity index (χ3n) is 0.729. The van der Waals surface area contributed by atoms with Crippen molar-refractivity contribution in [3.63, 3.8) is 0 Å². The molecule has 0 atom stereocenters. The molecule has 0 aromatic carbocycles. The second kappa shape index (κ2) is 8.40. The summed E-state index contributed by atoms with van der Waals surface area (Å²) in [6, 6.07) is 0. The summed E-state index contributed by atoms with van der Waals surface area (Å²) in [5.74, 6) is -0.900. The molecule has 0 saturated carbocycles. The van der Waals surface area contributed by atoms with Gasteiger partial charge in [-0.15, -0.1) is 0 Å². The predicted octanol–water partition coefficient (Wildman–Crippen LogP) is -0.260. The Hall–Kier alpha value is 0.405. The molecule has 0 aliphatic heterocycles. The summed E-state index contributed by atoms with van der Waals surface area (Å²) in [6.07, 6.45) is 0.523. The average molecular weight is 116 g/mol. The van der Waals surface area contributed by atoms with Crippen LogP contribution in [0.3, 0.4) is 0 Å². The van der Waals surface area contributed by atoms with Gasteiger partial charge in [0.05, 0.1) is 0 Å². The Morgan fingerprint density at radius 3 is 1.89 bits per heavy atom. The Balaban J connectivity index is -0.000000180. The summed E-state index contributed by atoms with van der Waals surface area (Å²) in [7, 11) is 0. The zero-order chi connectivity index (χ0) is 5.86. The Kier molecular flexibility index (Phi) is 15.1. The molecule has 0 aliphatic carbocycles. The van der Waals surface area contributed by atoms with Crippen LogP contribution in [0.1, 0.15) is 13.3 Å². The van der Waals surface area contributed by atoms with Gasteiger partial charge in [0.15, 0.2) is 0 Å². The van der Waals surface area contributed by atoms with E-state index in [-0.39, 0.29) is 43.3 Å². The first-order valence-corrected chi connectivity index (χ1v) is 2.09. The molecule has 0 aliphatic rings. The molecule has 0 rings (SSSR count). The van der Waals surface area contributed by atoms with Gasteiger partial charge in [-0.3, -0.25) is 0 Å². The molecule has 9 heavy (non-hydrogen) atoms. The van der Waals surface area contributed by atoms with Crippen molar-refractivity contribution in [2.45, 2.75) is 13.3 Å². The van der Waals surface area contributed by atoms with Gasteiger partial charge >= 0.3 is 43.7 Å². The molecule has 0 unspecified atom stereocenters. The molecule has 2 nitrogen and oxygen atoms in total. The number of hydrogen-bond acceptors (Lipinski definition) is 1. The molecular formula is C5H10Li2O2. The SMILES string of the molecule is C=C(CC)C(=O)O.[LiH].[LiH]. The number of carbonyl (C=O) groups is 1. The van der Waals surface area contributed by atoms with E-state index in [4.69, 9.17) is 5.11 Å².